The first-order chi connectivity index (χ1) is 8.78. The Morgan fingerprint density at radius 1 is 1.26 bits per heavy atom. The Morgan fingerprint density at radius 3 is 2.32 bits per heavy atom. The average molecular weight is 262 g/mol. The summed E-state index contributed by atoms with van der Waals surface area (Å²) in [6, 6.07) is 8.38. The van der Waals surface area contributed by atoms with Crippen LogP contribution in [-0.2, 0) is 11.3 Å². The molecule has 0 heterocycles. The van der Waals surface area contributed by atoms with Gasteiger partial charge in [-0.05, 0) is 37.3 Å². The summed E-state index contributed by atoms with van der Waals surface area (Å²) in [5.41, 5.74) is 8.02. The molecule has 0 aliphatic rings. The molecule has 19 heavy (non-hydrogen) atoms. The lowest BCUT2D eigenvalue weighted by Crippen LogP contribution is -2.34. The zero-order chi connectivity index (χ0) is 14.5. The lowest BCUT2D eigenvalue weighted by atomic mass is 10.00. The van der Waals surface area contributed by atoms with Gasteiger partial charge in [0.15, 0.2) is 0 Å². The lowest BCUT2D eigenvalue weighted by Gasteiger charge is -2.17. The molecule has 0 unspecified atom stereocenters. The zero-order valence-electron chi connectivity index (χ0n) is 12.5. The third-order valence-electron chi connectivity index (χ3n) is 3.13. The van der Waals surface area contributed by atoms with Crippen molar-refractivity contribution < 1.29 is 4.79 Å². The van der Waals surface area contributed by atoms with Gasteiger partial charge in [-0.15, -0.1) is 0 Å². The second-order valence-electron chi connectivity index (χ2n) is 6.16. The summed E-state index contributed by atoms with van der Waals surface area (Å²) in [6.45, 7) is 8.80. The van der Waals surface area contributed by atoms with Gasteiger partial charge < -0.3 is 11.1 Å². The molecule has 1 aromatic rings. The molecule has 3 N–H and O–H groups in total. The van der Waals surface area contributed by atoms with Crippen LogP contribution in [0.1, 0.15) is 57.6 Å². The predicted octanol–water partition coefficient (Wildman–Crippen LogP) is 2.94. The fourth-order valence-electron chi connectivity index (χ4n) is 1.75. The highest BCUT2D eigenvalue weighted by Crippen LogP contribution is 2.14. The minimum absolute atomic E-state index is 0.0615. The van der Waals surface area contributed by atoms with Crippen LogP contribution in [0.2, 0.25) is 0 Å². The van der Waals surface area contributed by atoms with E-state index in [0.717, 1.165) is 5.56 Å². The molecule has 0 aliphatic carbocycles. The number of hydrogen-bond donors (Lipinski definition) is 2. The van der Waals surface area contributed by atoms with Gasteiger partial charge in [-0.1, -0.05) is 38.1 Å². The average Bonchev–Trinajstić information content (AvgIpc) is 2.33. The molecule has 0 saturated heterocycles. The van der Waals surface area contributed by atoms with E-state index < -0.39 is 0 Å². The highest BCUT2D eigenvalue weighted by molar-refractivity contribution is 5.75. The first-order valence-corrected chi connectivity index (χ1v) is 6.92. The summed E-state index contributed by atoms with van der Waals surface area (Å²) >= 11 is 0. The van der Waals surface area contributed by atoms with Gasteiger partial charge in [-0.25, -0.2) is 0 Å². The molecule has 1 amide bonds. The van der Waals surface area contributed by atoms with Crippen LogP contribution in [0.15, 0.2) is 24.3 Å². The molecule has 106 valence electrons. The Bertz CT molecular complexity index is 402. The maximum atomic E-state index is 11.7. The van der Waals surface area contributed by atoms with Crippen LogP contribution in [0.3, 0.4) is 0 Å². The molecule has 3 heteroatoms. The summed E-state index contributed by atoms with van der Waals surface area (Å²) in [5, 5.41) is 2.93. The highest BCUT2D eigenvalue weighted by Gasteiger charge is 2.12. The first-order valence-electron chi connectivity index (χ1n) is 6.92. The molecule has 0 atom stereocenters. The monoisotopic (exact) mass is 262 g/mol. The van der Waals surface area contributed by atoms with Gasteiger partial charge in [0.25, 0.3) is 0 Å². The fourth-order valence-corrected chi connectivity index (χ4v) is 1.75. The quantitative estimate of drug-likeness (QED) is 0.828. The molecule has 0 bridgehead atoms. The smallest absolute Gasteiger partial charge is 0.220 e. The number of rotatable bonds is 6. The Kier molecular flexibility index (Phi) is 5.55. The maximum Gasteiger partial charge on any atom is 0.220 e. The van der Waals surface area contributed by atoms with Crippen molar-refractivity contribution in [2.24, 2.45) is 5.73 Å². The molecule has 3 nitrogen and oxygen atoms in total. The van der Waals surface area contributed by atoms with Crippen molar-refractivity contribution in [3.63, 3.8) is 0 Å². The highest BCUT2D eigenvalue weighted by atomic mass is 16.1. The van der Waals surface area contributed by atoms with Crippen LogP contribution in [0.4, 0.5) is 0 Å². The van der Waals surface area contributed by atoms with Crippen molar-refractivity contribution in [3.8, 4) is 0 Å². The molecule has 0 spiro atoms. The standard InChI is InChI=1S/C16H26N2O/c1-12(2)14-7-5-13(6-8-14)11-18-15(19)9-10-16(3,4)17/h5-8,12H,9-11,17H2,1-4H3,(H,18,19). The van der Waals surface area contributed by atoms with Crippen LogP contribution in [0.25, 0.3) is 0 Å². The Labute approximate surface area is 116 Å². The van der Waals surface area contributed by atoms with Crippen LogP contribution in [-0.4, -0.2) is 11.4 Å². The summed E-state index contributed by atoms with van der Waals surface area (Å²) in [5.74, 6) is 0.599. The van der Waals surface area contributed by atoms with Gasteiger partial charge in [0, 0.05) is 18.5 Å². The van der Waals surface area contributed by atoms with E-state index in [9.17, 15) is 4.79 Å². The van der Waals surface area contributed by atoms with Crippen molar-refractivity contribution >= 4 is 5.91 Å². The van der Waals surface area contributed by atoms with Gasteiger partial charge in [0.2, 0.25) is 5.91 Å². The van der Waals surface area contributed by atoms with Crippen molar-refractivity contribution in [3.05, 3.63) is 35.4 Å². The normalized spacial score (nSPS) is 11.7. The van der Waals surface area contributed by atoms with E-state index in [0.29, 0.717) is 25.3 Å². The number of carbonyl (C=O) groups is 1. The summed E-state index contributed by atoms with van der Waals surface area (Å²) in [4.78, 5) is 11.7. The zero-order valence-corrected chi connectivity index (χ0v) is 12.5. The van der Waals surface area contributed by atoms with Gasteiger partial charge in [-0.3, -0.25) is 4.79 Å². The lowest BCUT2D eigenvalue weighted by molar-refractivity contribution is -0.121. The second-order valence-corrected chi connectivity index (χ2v) is 6.16. The second kappa shape index (κ2) is 6.71. The van der Waals surface area contributed by atoms with Crippen LogP contribution < -0.4 is 11.1 Å². The van der Waals surface area contributed by atoms with Gasteiger partial charge in [-0.2, -0.15) is 0 Å². The van der Waals surface area contributed by atoms with E-state index in [2.05, 4.69) is 43.4 Å². The molecular formula is C16H26N2O. The summed E-state index contributed by atoms with van der Waals surface area (Å²) in [7, 11) is 0. The Hall–Kier alpha value is -1.35. The predicted molar refractivity (Wildman–Crippen MR) is 79.9 cm³/mol. The van der Waals surface area contributed by atoms with Gasteiger partial charge in [0.1, 0.15) is 0 Å². The molecule has 0 saturated carbocycles. The van der Waals surface area contributed by atoms with E-state index >= 15 is 0 Å². The van der Waals surface area contributed by atoms with Crippen molar-refractivity contribution in [1.82, 2.24) is 5.32 Å². The Morgan fingerprint density at radius 2 is 1.84 bits per heavy atom. The number of benzene rings is 1. The van der Waals surface area contributed by atoms with Gasteiger partial charge >= 0.3 is 0 Å². The fraction of sp³-hybridized carbons (Fsp3) is 0.562. The van der Waals surface area contributed by atoms with Crippen molar-refractivity contribution in [2.75, 3.05) is 0 Å². The summed E-state index contributed by atoms with van der Waals surface area (Å²) in [6.07, 6.45) is 1.18. The van der Waals surface area contributed by atoms with E-state index in [1.165, 1.54) is 5.56 Å². The van der Waals surface area contributed by atoms with E-state index in [1.54, 1.807) is 0 Å². The minimum atomic E-state index is -0.281. The SMILES string of the molecule is CC(C)c1ccc(CNC(=O)CCC(C)(C)N)cc1. The molecule has 0 radical (unpaired) electrons. The third kappa shape index (κ3) is 6.39. The molecule has 1 aromatic carbocycles. The topological polar surface area (TPSA) is 55.1 Å². The number of hydrogen-bond acceptors (Lipinski definition) is 2. The number of carbonyl (C=O) groups excluding carboxylic acids is 1. The molecule has 0 aromatic heterocycles. The first kappa shape index (κ1) is 15.7. The van der Waals surface area contributed by atoms with E-state index in [1.807, 2.05) is 13.8 Å². The molecule has 0 fully saturated rings. The number of amides is 1. The number of nitrogens with two attached hydrogens (primary N) is 1. The third-order valence-corrected chi connectivity index (χ3v) is 3.13. The van der Waals surface area contributed by atoms with Crippen molar-refractivity contribution in [2.45, 2.75) is 58.5 Å². The van der Waals surface area contributed by atoms with Gasteiger partial charge in [0.05, 0.1) is 0 Å². The molecular weight excluding hydrogens is 236 g/mol. The van der Waals surface area contributed by atoms with E-state index in [-0.39, 0.29) is 11.4 Å². The number of nitrogens with one attached hydrogen (secondary N) is 1. The molecule has 1 rings (SSSR count). The largest absolute Gasteiger partial charge is 0.352 e. The van der Waals surface area contributed by atoms with Crippen LogP contribution >= 0.6 is 0 Å². The Balaban J connectivity index is 2.38. The van der Waals surface area contributed by atoms with Crippen LogP contribution in [0.5, 0.6) is 0 Å². The summed E-state index contributed by atoms with van der Waals surface area (Å²) < 4.78 is 0. The maximum absolute atomic E-state index is 11.7. The van der Waals surface area contributed by atoms with Crippen molar-refractivity contribution in [1.29, 1.82) is 0 Å². The minimum Gasteiger partial charge on any atom is -0.352 e. The molecule has 0 aliphatic heterocycles. The van der Waals surface area contributed by atoms with E-state index in [4.69, 9.17) is 5.73 Å². The van der Waals surface area contributed by atoms with Crippen LogP contribution in [0, 0.1) is 0 Å².